The summed E-state index contributed by atoms with van der Waals surface area (Å²) in [7, 11) is 2.12. The van der Waals surface area contributed by atoms with Gasteiger partial charge in [0.25, 0.3) is 5.91 Å². The second kappa shape index (κ2) is 7.47. The molecule has 1 aliphatic heterocycles. The number of fused-ring (bicyclic) bond motifs is 1. The van der Waals surface area contributed by atoms with E-state index in [1.54, 1.807) is 36.1 Å². The molecule has 1 aromatic heterocycles. The lowest BCUT2D eigenvalue weighted by atomic mass is 10.2. The van der Waals surface area contributed by atoms with E-state index in [-0.39, 0.29) is 5.91 Å². The van der Waals surface area contributed by atoms with Gasteiger partial charge in [-0.15, -0.1) is 0 Å². The maximum atomic E-state index is 12.9. The lowest BCUT2D eigenvalue weighted by Gasteiger charge is -2.13. The maximum Gasteiger partial charge on any atom is 0.260 e. The maximum absolute atomic E-state index is 12.9. The minimum atomic E-state index is -1.01. The van der Waals surface area contributed by atoms with Crippen LogP contribution in [-0.2, 0) is 22.3 Å². The van der Waals surface area contributed by atoms with Gasteiger partial charge in [-0.3, -0.25) is 9.00 Å². The number of methoxy groups -OCH3 is 2. The Morgan fingerprint density at radius 1 is 1.07 bits per heavy atom. The number of ether oxygens (including phenoxy) is 2. The molecular formula is C20H19N3O4S. The molecule has 4 rings (SSSR count). The molecule has 28 heavy (non-hydrogen) atoms. The van der Waals surface area contributed by atoms with Gasteiger partial charge < -0.3 is 14.8 Å². The molecule has 3 aromatic rings. The van der Waals surface area contributed by atoms with Crippen LogP contribution < -0.4 is 14.8 Å². The zero-order valence-corrected chi connectivity index (χ0v) is 16.3. The molecule has 1 unspecified atom stereocenters. The lowest BCUT2D eigenvalue weighted by molar-refractivity contribution is 0.102. The topological polar surface area (TPSA) is 82.4 Å². The summed E-state index contributed by atoms with van der Waals surface area (Å²) < 4.78 is 24.2. The first-order chi connectivity index (χ1) is 13.6. The third-order valence-corrected chi connectivity index (χ3v) is 5.78. The molecule has 1 aliphatic rings. The highest BCUT2D eigenvalue weighted by Gasteiger charge is 2.29. The number of rotatable bonds is 5. The number of nitrogens with zero attached hydrogens (tertiary/aromatic N) is 2. The highest BCUT2D eigenvalue weighted by Crippen LogP contribution is 2.32. The number of benzene rings is 2. The molecular weight excluding hydrogens is 378 g/mol. The van der Waals surface area contributed by atoms with Crippen LogP contribution in [0.1, 0.15) is 21.6 Å². The first-order valence-corrected chi connectivity index (χ1v) is 10.1. The molecule has 0 aliphatic carbocycles. The molecule has 0 fully saturated rings. The van der Waals surface area contributed by atoms with E-state index in [4.69, 9.17) is 9.47 Å². The second-order valence-electron chi connectivity index (χ2n) is 6.27. The third kappa shape index (κ3) is 3.27. The Hall–Kier alpha value is -3.13. The van der Waals surface area contributed by atoms with Crippen LogP contribution in [0.15, 0.2) is 48.5 Å². The number of aromatic nitrogens is 2. The monoisotopic (exact) mass is 397 g/mol. The molecule has 0 saturated carbocycles. The summed E-state index contributed by atoms with van der Waals surface area (Å²) >= 11 is 0. The number of para-hydroxylation sites is 1. The number of hydrogen-bond donors (Lipinski definition) is 1. The molecule has 1 amide bonds. The van der Waals surface area contributed by atoms with Crippen molar-refractivity contribution >= 4 is 22.5 Å². The van der Waals surface area contributed by atoms with Crippen LogP contribution in [0.4, 0.5) is 5.82 Å². The van der Waals surface area contributed by atoms with Crippen LogP contribution in [0.25, 0.3) is 5.69 Å². The Kier molecular flexibility index (Phi) is 4.87. The highest BCUT2D eigenvalue weighted by molar-refractivity contribution is 7.83. The van der Waals surface area contributed by atoms with Crippen molar-refractivity contribution in [2.45, 2.75) is 11.5 Å². The van der Waals surface area contributed by atoms with Crippen molar-refractivity contribution in [2.24, 2.45) is 0 Å². The van der Waals surface area contributed by atoms with Gasteiger partial charge in [-0.25, -0.2) is 4.68 Å². The van der Waals surface area contributed by atoms with E-state index in [9.17, 15) is 9.00 Å². The molecule has 2 aromatic carbocycles. The van der Waals surface area contributed by atoms with E-state index in [1.807, 2.05) is 24.3 Å². The van der Waals surface area contributed by atoms with Gasteiger partial charge in [0.1, 0.15) is 17.3 Å². The first kappa shape index (κ1) is 18.2. The summed E-state index contributed by atoms with van der Waals surface area (Å²) in [6.07, 6.45) is 0. The van der Waals surface area contributed by atoms with Crippen molar-refractivity contribution < 1.29 is 18.5 Å². The smallest absolute Gasteiger partial charge is 0.260 e. The summed E-state index contributed by atoms with van der Waals surface area (Å²) in [5.74, 6) is 2.18. The van der Waals surface area contributed by atoms with Gasteiger partial charge >= 0.3 is 0 Å². The number of carbonyl (C=O) groups excluding carboxylic acids is 1. The van der Waals surface area contributed by atoms with Crippen LogP contribution in [0, 0.1) is 0 Å². The van der Waals surface area contributed by atoms with Crippen molar-refractivity contribution in [1.82, 2.24) is 9.78 Å². The fourth-order valence-electron chi connectivity index (χ4n) is 3.17. The van der Waals surface area contributed by atoms with Gasteiger partial charge in [-0.1, -0.05) is 12.1 Å². The number of carbonyl (C=O) groups is 1. The number of hydrogen-bond acceptors (Lipinski definition) is 5. The molecule has 1 atom stereocenters. The highest BCUT2D eigenvalue weighted by atomic mass is 32.2. The first-order valence-electron chi connectivity index (χ1n) is 8.65. The van der Waals surface area contributed by atoms with Crippen LogP contribution >= 0.6 is 0 Å². The molecule has 8 heteroatoms. The minimum absolute atomic E-state index is 0.312. The molecule has 0 radical (unpaired) electrons. The molecule has 0 saturated heterocycles. The average molecular weight is 397 g/mol. The van der Waals surface area contributed by atoms with E-state index >= 15 is 0 Å². The van der Waals surface area contributed by atoms with Crippen molar-refractivity contribution in [3.8, 4) is 17.2 Å². The molecule has 144 valence electrons. The molecule has 2 heterocycles. The van der Waals surface area contributed by atoms with E-state index in [1.165, 1.54) is 7.11 Å². The van der Waals surface area contributed by atoms with Gasteiger partial charge in [-0.2, -0.15) is 5.10 Å². The van der Waals surface area contributed by atoms with Gasteiger partial charge in [0, 0.05) is 16.4 Å². The normalized spacial score (nSPS) is 15.1. The predicted octanol–water partition coefficient (Wildman–Crippen LogP) is 2.90. The van der Waals surface area contributed by atoms with Crippen LogP contribution in [0.3, 0.4) is 0 Å². The van der Waals surface area contributed by atoms with E-state index in [0.717, 1.165) is 22.7 Å². The fourth-order valence-corrected chi connectivity index (χ4v) is 4.44. The number of amides is 1. The quantitative estimate of drug-likeness (QED) is 0.716. The van der Waals surface area contributed by atoms with Gasteiger partial charge in [0.2, 0.25) is 0 Å². The fraction of sp³-hybridized carbons (Fsp3) is 0.200. The second-order valence-corrected chi connectivity index (χ2v) is 7.72. The lowest BCUT2D eigenvalue weighted by Crippen LogP contribution is -2.17. The van der Waals surface area contributed by atoms with Gasteiger partial charge in [0.15, 0.2) is 0 Å². The van der Waals surface area contributed by atoms with Crippen molar-refractivity contribution in [1.29, 1.82) is 0 Å². The Bertz CT molecular complexity index is 1060. The summed E-state index contributed by atoms with van der Waals surface area (Å²) in [6.45, 7) is 0. The molecule has 0 spiro atoms. The average Bonchev–Trinajstić information content (AvgIpc) is 3.24. The summed E-state index contributed by atoms with van der Waals surface area (Å²) in [5.41, 5.74) is 2.73. The minimum Gasteiger partial charge on any atom is -0.497 e. The van der Waals surface area contributed by atoms with Gasteiger partial charge in [0.05, 0.1) is 42.7 Å². The molecule has 1 N–H and O–H groups in total. The van der Waals surface area contributed by atoms with Gasteiger partial charge in [-0.05, 0) is 36.4 Å². The predicted molar refractivity (Wildman–Crippen MR) is 107 cm³/mol. The summed E-state index contributed by atoms with van der Waals surface area (Å²) in [6, 6.07) is 14.4. The van der Waals surface area contributed by atoms with Crippen LogP contribution in [-0.4, -0.2) is 34.1 Å². The van der Waals surface area contributed by atoms with Crippen molar-refractivity contribution in [2.75, 3.05) is 19.5 Å². The van der Waals surface area contributed by atoms with E-state index in [0.29, 0.717) is 28.6 Å². The van der Waals surface area contributed by atoms with E-state index < -0.39 is 10.8 Å². The Balaban J connectivity index is 1.74. The molecule has 7 nitrogen and oxygen atoms in total. The number of nitrogens with one attached hydrogen (secondary N) is 1. The Morgan fingerprint density at radius 3 is 2.54 bits per heavy atom. The van der Waals surface area contributed by atoms with E-state index in [2.05, 4.69) is 10.4 Å². The van der Waals surface area contributed by atoms with Crippen molar-refractivity contribution in [3.63, 3.8) is 0 Å². The largest absolute Gasteiger partial charge is 0.497 e. The summed E-state index contributed by atoms with van der Waals surface area (Å²) in [5, 5.41) is 7.54. The van der Waals surface area contributed by atoms with Crippen molar-refractivity contribution in [3.05, 3.63) is 65.4 Å². The molecule has 0 bridgehead atoms. The van der Waals surface area contributed by atoms with Crippen LogP contribution in [0.2, 0.25) is 0 Å². The summed E-state index contributed by atoms with van der Waals surface area (Å²) in [4.78, 5) is 12.9. The zero-order chi connectivity index (χ0) is 19.7. The zero-order valence-electron chi connectivity index (χ0n) is 15.5. The Labute approximate surface area is 164 Å². The number of anilines is 1. The Morgan fingerprint density at radius 2 is 1.82 bits per heavy atom. The standard InChI is InChI=1S/C20H19N3O4S/c1-26-14-9-7-13(8-10-14)23-19(16-11-28(25)12-17(16)22-23)21-20(24)15-5-3-4-6-18(15)27-2/h3-10H,11-12H2,1-2H3,(H,21,24). The third-order valence-electron chi connectivity index (χ3n) is 4.57. The SMILES string of the molecule is COc1ccc(-n2nc3c(c2NC(=O)c2ccccc2OC)CS(=O)C3)cc1. The van der Waals surface area contributed by atoms with Crippen LogP contribution in [0.5, 0.6) is 11.5 Å².